The second kappa shape index (κ2) is 16.4. The van der Waals surface area contributed by atoms with Gasteiger partial charge >= 0.3 is 17.9 Å². The molecule has 0 bridgehead atoms. The number of aliphatic carboxylic acids is 3. The average Bonchev–Trinajstić information content (AvgIpc) is 2.80. The van der Waals surface area contributed by atoms with E-state index in [1.807, 2.05) is 0 Å². The van der Waals surface area contributed by atoms with Crippen LogP contribution in [0.25, 0.3) is 0 Å². The van der Waals surface area contributed by atoms with E-state index in [0.29, 0.717) is 0 Å². The van der Waals surface area contributed by atoms with Gasteiger partial charge in [-0.3, -0.25) is 43.2 Å². The molecular formula is C22H32N4O12. The molecule has 0 aliphatic rings. The summed E-state index contributed by atoms with van der Waals surface area (Å²) in [5, 5.41) is 35.7. The number of aldehydes is 1. The first-order valence-electron chi connectivity index (χ1n) is 11.4. The molecule has 0 aromatic rings. The Morgan fingerprint density at radius 2 is 1.11 bits per heavy atom. The second-order valence-electron chi connectivity index (χ2n) is 8.59. The number of rotatable bonds is 18. The van der Waals surface area contributed by atoms with Gasteiger partial charge in [0.2, 0.25) is 29.4 Å². The largest absolute Gasteiger partial charge is 0.481 e. The zero-order chi connectivity index (χ0) is 29.6. The number of amides is 4. The molecule has 4 amide bonds. The van der Waals surface area contributed by atoms with Crippen LogP contribution in [0.2, 0.25) is 0 Å². The van der Waals surface area contributed by atoms with Crippen molar-refractivity contribution in [3.63, 3.8) is 0 Å². The van der Waals surface area contributed by atoms with Crippen LogP contribution >= 0.6 is 0 Å². The van der Waals surface area contributed by atoms with E-state index in [-0.39, 0.29) is 12.7 Å². The Balaban J connectivity index is 5.81. The van der Waals surface area contributed by atoms with Crippen LogP contribution in [0.1, 0.15) is 52.9 Å². The molecule has 0 rings (SSSR count). The number of hydrogen-bond donors (Lipinski definition) is 7. The maximum Gasteiger partial charge on any atom is 0.305 e. The number of Topliss-reactive ketones (excluding diaryl/α,β-unsaturated/α-hetero) is 1. The molecule has 0 fully saturated rings. The van der Waals surface area contributed by atoms with Crippen molar-refractivity contribution in [1.82, 2.24) is 21.3 Å². The molecule has 16 heteroatoms. The zero-order valence-electron chi connectivity index (χ0n) is 21.0. The van der Waals surface area contributed by atoms with Crippen molar-refractivity contribution in [3.8, 4) is 0 Å². The Bertz CT molecular complexity index is 949. The highest BCUT2D eigenvalue weighted by Gasteiger charge is 2.33. The molecule has 0 heterocycles. The molecule has 0 aliphatic carbocycles. The maximum atomic E-state index is 13.0. The SMILES string of the molecule is CC(=O)N[C@@H](CCC(=O)O)C(=O)N[C@@H](CCC(=O)O)C(=O)N[C@H](C(=O)N[C@@H](CC(=O)O)C(=O)C=O)C(C)C. The molecule has 16 nitrogen and oxygen atoms in total. The Morgan fingerprint density at radius 1 is 0.658 bits per heavy atom. The lowest BCUT2D eigenvalue weighted by molar-refractivity contribution is -0.142. The Labute approximate surface area is 216 Å². The third-order valence-electron chi connectivity index (χ3n) is 5.02. The van der Waals surface area contributed by atoms with Gasteiger partial charge in [0, 0.05) is 19.8 Å². The molecule has 0 spiro atoms. The Kier molecular flexibility index (Phi) is 14.5. The first-order chi connectivity index (χ1) is 17.6. The third-order valence-corrected chi connectivity index (χ3v) is 5.02. The third kappa shape index (κ3) is 13.1. The summed E-state index contributed by atoms with van der Waals surface area (Å²) in [5.74, 6) is -9.61. The lowest BCUT2D eigenvalue weighted by atomic mass is 10.0. The minimum absolute atomic E-state index is 0.163. The van der Waals surface area contributed by atoms with E-state index in [9.17, 15) is 43.2 Å². The van der Waals surface area contributed by atoms with Crippen molar-refractivity contribution >= 4 is 53.6 Å². The fraction of sp³-hybridized carbons (Fsp3) is 0.591. The average molecular weight is 545 g/mol. The van der Waals surface area contributed by atoms with E-state index in [2.05, 4.69) is 21.3 Å². The highest BCUT2D eigenvalue weighted by Crippen LogP contribution is 2.08. The van der Waals surface area contributed by atoms with Crippen LogP contribution in [0.3, 0.4) is 0 Å². The first-order valence-corrected chi connectivity index (χ1v) is 11.4. The van der Waals surface area contributed by atoms with Gasteiger partial charge in [-0.05, 0) is 18.8 Å². The molecule has 0 aromatic carbocycles. The second-order valence-corrected chi connectivity index (χ2v) is 8.59. The monoisotopic (exact) mass is 544 g/mol. The van der Waals surface area contributed by atoms with E-state index in [0.717, 1.165) is 6.92 Å². The summed E-state index contributed by atoms with van der Waals surface area (Å²) in [6.45, 7) is 4.05. The van der Waals surface area contributed by atoms with Crippen LogP contribution in [-0.4, -0.2) is 93.1 Å². The zero-order valence-corrected chi connectivity index (χ0v) is 21.0. The Morgan fingerprint density at radius 3 is 1.50 bits per heavy atom. The molecule has 0 unspecified atom stereocenters. The van der Waals surface area contributed by atoms with Gasteiger partial charge in [0.05, 0.1) is 6.42 Å². The minimum atomic E-state index is -1.70. The lowest BCUT2D eigenvalue weighted by Crippen LogP contribution is -2.59. The van der Waals surface area contributed by atoms with Crippen molar-refractivity contribution < 1.29 is 58.5 Å². The van der Waals surface area contributed by atoms with Gasteiger partial charge in [-0.25, -0.2) is 0 Å². The van der Waals surface area contributed by atoms with Crippen molar-refractivity contribution in [2.75, 3.05) is 0 Å². The predicted octanol–water partition coefficient (Wildman–Crippen LogP) is -2.43. The van der Waals surface area contributed by atoms with Crippen LogP contribution < -0.4 is 21.3 Å². The topological polar surface area (TPSA) is 262 Å². The smallest absolute Gasteiger partial charge is 0.305 e. The maximum absolute atomic E-state index is 13.0. The Hall–Kier alpha value is -4.37. The predicted molar refractivity (Wildman–Crippen MR) is 125 cm³/mol. The highest BCUT2D eigenvalue weighted by atomic mass is 16.4. The molecule has 7 N–H and O–H groups in total. The summed E-state index contributed by atoms with van der Waals surface area (Å²) < 4.78 is 0. The van der Waals surface area contributed by atoms with Crippen molar-refractivity contribution in [1.29, 1.82) is 0 Å². The van der Waals surface area contributed by atoms with Gasteiger partial charge in [0.1, 0.15) is 24.2 Å². The molecule has 4 atom stereocenters. The van der Waals surface area contributed by atoms with Crippen molar-refractivity contribution in [2.45, 2.75) is 77.0 Å². The van der Waals surface area contributed by atoms with E-state index in [4.69, 9.17) is 15.3 Å². The van der Waals surface area contributed by atoms with Crippen molar-refractivity contribution in [3.05, 3.63) is 0 Å². The summed E-state index contributed by atoms with van der Waals surface area (Å²) in [4.78, 5) is 105. The van der Waals surface area contributed by atoms with Crippen LogP contribution in [0.4, 0.5) is 0 Å². The quantitative estimate of drug-likeness (QED) is 0.0702. The van der Waals surface area contributed by atoms with Gasteiger partial charge < -0.3 is 36.6 Å². The van der Waals surface area contributed by atoms with E-state index < -0.39 is 103 Å². The van der Waals surface area contributed by atoms with E-state index in [1.165, 1.54) is 13.8 Å². The molecule has 0 saturated heterocycles. The van der Waals surface area contributed by atoms with Gasteiger partial charge in [-0.15, -0.1) is 0 Å². The van der Waals surface area contributed by atoms with Gasteiger partial charge in [-0.2, -0.15) is 0 Å². The summed E-state index contributed by atoms with van der Waals surface area (Å²) in [6, 6.07) is -6.01. The molecule has 212 valence electrons. The number of carbonyl (C=O) groups excluding carboxylic acids is 6. The van der Waals surface area contributed by atoms with E-state index in [1.54, 1.807) is 0 Å². The number of nitrogens with one attached hydrogen (secondary N) is 4. The van der Waals surface area contributed by atoms with Crippen LogP contribution in [0.5, 0.6) is 0 Å². The summed E-state index contributed by atoms with van der Waals surface area (Å²) >= 11 is 0. The van der Waals surface area contributed by atoms with Crippen LogP contribution in [-0.2, 0) is 43.2 Å². The molecule has 0 aliphatic heterocycles. The first kappa shape index (κ1) is 33.6. The standard InChI is InChI=1S/C22H32N4O12/c1-10(2)19(22(38)25-14(8-18(34)35)15(29)9-27)26-21(37)13(5-7-17(32)33)24-20(36)12(23-11(3)28)4-6-16(30)31/h9-10,12-14,19H,4-8H2,1-3H3,(H,23,28)(H,24,36)(H,25,38)(H,26,37)(H,30,31)(H,32,33)(H,34,35)/t12-,13-,14-,19-/m0/s1. The fourth-order valence-electron chi connectivity index (χ4n) is 3.12. The molecule has 38 heavy (non-hydrogen) atoms. The minimum Gasteiger partial charge on any atom is -0.481 e. The lowest BCUT2D eigenvalue weighted by Gasteiger charge is -2.27. The normalized spacial score (nSPS) is 13.7. The highest BCUT2D eigenvalue weighted by molar-refractivity contribution is 6.28. The van der Waals surface area contributed by atoms with Crippen LogP contribution in [0, 0.1) is 5.92 Å². The summed E-state index contributed by atoms with van der Waals surface area (Å²) in [5.41, 5.74) is 0. The van der Waals surface area contributed by atoms with Crippen LogP contribution in [0.15, 0.2) is 0 Å². The van der Waals surface area contributed by atoms with Gasteiger partial charge in [0.15, 0.2) is 6.29 Å². The number of carbonyl (C=O) groups is 9. The molecule has 0 aromatic heterocycles. The number of ketones is 1. The molecule has 0 saturated carbocycles. The number of carboxylic acids is 3. The van der Waals surface area contributed by atoms with Crippen molar-refractivity contribution in [2.24, 2.45) is 5.92 Å². The molecule has 0 radical (unpaired) electrons. The number of carboxylic acid groups (broad SMARTS) is 3. The summed E-state index contributed by atoms with van der Waals surface area (Å²) in [6.07, 6.45) is -2.94. The van der Waals surface area contributed by atoms with E-state index >= 15 is 0 Å². The molecular weight excluding hydrogens is 512 g/mol. The van der Waals surface area contributed by atoms with Gasteiger partial charge in [-0.1, -0.05) is 13.8 Å². The fourth-order valence-corrected chi connectivity index (χ4v) is 3.12. The van der Waals surface area contributed by atoms with Gasteiger partial charge in [0.25, 0.3) is 0 Å². The number of hydrogen-bond acceptors (Lipinski definition) is 9. The summed E-state index contributed by atoms with van der Waals surface area (Å²) in [7, 11) is 0.